The number of piperidine rings is 1. The van der Waals surface area contributed by atoms with Gasteiger partial charge in [-0.2, -0.15) is 0 Å². The minimum atomic E-state index is 0.129. The Morgan fingerprint density at radius 1 is 1.16 bits per heavy atom. The van der Waals surface area contributed by atoms with E-state index in [9.17, 15) is 4.79 Å². The predicted molar refractivity (Wildman–Crippen MR) is 129 cm³/mol. The lowest BCUT2D eigenvalue weighted by molar-refractivity contribution is -0.0728. The summed E-state index contributed by atoms with van der Waals surface area (Å²) in [6.07, 6.45) is 2.74. The average Bonchev–Trinajstić information content (AvgIpc) is 3.15. The highest BCUT2D eigenvalue weighted by Crippen LogP contribution is 2.31. The number of aromatic nitrogens is 1. The number of aryl methyl sites for hydroxylation is 1. The molecule has 6 nitrogen and oxygen atoms in total. The van der Waals surface area contributed by atoms with Crippen molar-refractivity contribution in [3.8, 4) is 16.3 Å². The first kappa shape index (κ1) is 23.2. The van der Waals surface area contributed by atoms with Crippen LogP contribution in [0.1, 0.15) is 49.0 Å². The zero-order valence-electron chi connectivity index (χ0n) is 19.7. The summed E-state index contributed by atoms with van der Waals surface area (Å²) in [6, 6.07) is 7.93. The molecule has 0 bridgehead atoms. The normalized spacial score (nSPS) is 22.8. The van der Waals surface area contributed by atoms with Crippen molar-refractivity contribution >= 4 is 17.2 Å². The molecule has 2 fully saturated rings. The van der Waals surface area contributed by atoms with E-state index in [1.165, 1.54) is 11.3 Å². The van der Waals surface area contributed by atoms with Crippen LogP contribution in [0.5, 0.6) is 5.75 Å². The molecule has 4 rings (SSSR count). The van der Waals surface area contributed by atoms with Crippen molar-refractivity contribution in [2.24, 2.45) is 5.92 Å². The molecule has 1 amide bonds. The monoisotopic (exact) mass is 457 g/mol. The van der Waals surface area contributed by atoms with Gasteiger partial charge in [-0.05, 0) is 70.7 Å². The van der Waals surface area contributed by atoms with Gasteiger partial charge < -0.3 is 14.4 Å². The van der Waals surface area contributed by atoms with Crippen LogP contribution in [0.3, 0.4) is 0 Å². The van der Waals surface area contributed by atoms with Gasteiger partial charge in [-0.25, -0.2) is 4.98 Å². The van der Waals surface area contributed by atoms with E-state index in [4.69, 9.17) is 14.5 Å². The Hall–Kier alpha value is -1.96. The fourth-order valence-electron chi connectivity index (χ4n) is 4.84. The minimum Gasteiger partial charge on any atom is -0.494 e. The second kappa shape index (κ2) is 10.3. The van der Waals surface area contributed by atoms with Crippen LogP contribution in [0.2, 0.25) is 0 Å². The van der Waals surface area contributed by atoms with Gasteiger partial charge >= 0.3 is 0 Å². The summed E-state index contributed by atoms with van der Waals surface area (Å²) in [4.78, 5) is 23.3. The van der Waals surface area contributed by atoms with Crippen LogP contribution in [0.25, 0.3) is 10.6 Å². The maximum Gasteiger partial charge on any atom is 0.265 e. The molecule has 3 heterocycles. The van der Waals surface area contributed by atoms with Crippen LogP contribution in [0.4, 0.5) is 0 Å². The van der Waals surface area contributed by atoms with Crippen molar-refractivity contribution in [3.63, 3.8) is 0 Å². The van der Waals surface area contributed by atoms with E-state index in [1.807, 2.05) is 43.0 Å². The number of nitrogens with zero attached hydrogens (tertiary/aromatic N) is 3. The van der Waals surface area contributed by atoms with E-state index >= 15 is 0 Å². The van der Waals surface area contributed by atoms with Gasteiger partial charge in [0, 0.05) is 38.3 Å². The molecule has 174 valence electrons. The second-order valence-corrected chi connectivity index (χ2v) is 10.1. The maximum absolute atomic E-state index is 13.2. The number of rotatable bonds is 6. The Bertz CT molecular complexity index is 896. The standard InChI is InChI=1S/C25H35N3O3S/c1-5-30-22-8-6-21(7-9-22)24-26-19(4)23(32-24)25(29)28-12-10-20(11-13-28)16-27-14-17(2)31-18(3)15-27/h6-9,17-18,20H,5,10-16H2,1-4H3. The molecule has 32 heavy (non-hydrogen) atoms. The Morgan fingerprint density at radius 3 is 2.44 bits per heavy atom. The molecule has 2 aromatic rings. The summed E-state index contributed by atoms with van der Waals surface area (Å²) in [5, 5.41) is 0.888. The quantitative estimate of drug-likeness (QED) is 0.640. The number of likely N-dealkylation sites (tertiary alicyclic amines) is 1. The summed E-state index contributed by atoms with van der Waals surface area (Å²) >= 11 is 1.50. The third-order valence-electron chi connectivity index (χ3n) is 6.32. The van der Waals surface area contributed by atoms with Crippen molar-refractivity contribution in [1.29, 1.82) is 0 Å². The minimum absolute atomic E-state index is 0.129. The van der Waals surface area contributed by atoms with Crippen molar-refractivity contribution < 1.29 is 14.3 Å². The van der Waals surface area contributed by atoms with Gasteiger partial charge in [0.1, 0.15) is 15.6 Å². The van der Waals surface area contributed by atoms with Crippen molar-refractivity contribution in [2.45, 2.75) is 52.7 Å². The highest BCUT2D eigenvalue weighted by Gasteiger charge is 2.29. The molecular weight excluding hydrogens is 422 g/mol. The van der Waals surface area contributed by atoms with Gasteiger partial charge in [0.15, 0.2) is 0 Å². The first-order chi connectivity index (χ1) is 15.4. The fourth-order valence-corrected chi connectivity index (χ4v) is 5.88. The molecule has 2 aliphatic heterocycles. The molecule has 2 saturated heterocycles. The molecule has 2 aliphatic rings. The Balaban J connectivity index is 1.34. The van der Waals surface area contributed by atoms with Gasteiger partial charge in [0.2, 0.25) is 0 Å². The number of carbonyl (C=O) groups excluding carboxylic acids is 1. The molecule has 2 atom stereocenters. The number of ether oxygens (including phenoxy) is 2. The maximum atomic E-state index is 13.2. The van der Waals surface area contributed by atoms with E-state index in [-0.39, 0.29) is 5.91 Å². The molecule has 0 aliphatic carbocycles. The molecule has 0 radical (unpaired) electrons. The third-order valence-corrected chi connectivity index (χ3v) is 7.51. The number of morpholine rings is 1. The number of carbonyl (C=O) groups is 1. The number of hydrogen-bond acceptors (Lipinski definition) is 6. The number of thiazole rings is 1. The highest BCUT2D eigenvalue weighted by atomic mass is 32.1. The zero-order chi connectivity index (χ0) is 22.7. The lowest BCUT2D eigenvalue weighted by atomic mass is 9.95. The molecule has 0 saturated carbocycles. The Morgan fingerprint density at radius 2 is 1.81 bits per heavy atom. The van der Waals surface area contributed by atoms with Crippen LogP contribution in [0, 0.1) is 12.8 Å². The summed E-state index contributed by atoms with van der Waals surface area (Å²) in [5.74, 6) is 1.63. The predicted octanol–water partition coefficient (Wildman–Crippen LogP) is 4.48. The molecule has 1 aromatic heterocycles. The molecule has 0 spiro atoms. The number of hydrogen-bond donors (Lipinski definition) is 0. The van der Waals surface area contributed by atoms with Crippen LogP contribution >= 0.6 is 11.3 Å². The average molecular weight is 458 g/mol. The molecule has 2 unspecified atom stereocenters. The highest BCUT2D eigenvalue weighted by molar-refractivity contribution is 7.17. The lowest BCUT2D eigenvalue weighted by Gasteiger charge is -2.39. The summed E-state index contributed by atoms with van der Waals surface area (Å²) in [7, 11) is 0. The van der Waals surface area contributed by atoms with E-state index in [1.54, 1.807) is 0 Å². The Labute approximate surface area is 195 Å². The number of amides is 1. The van der Waals surface area contributed by atoms with Gasteiger partial charge in [-0.15, -0.1) is 11.3 Å². The van der Waals surface area contributed by atoms with Crippen molar-refractivity contribution in [2.75, 3.05) is 39.3 Å². The van der Waals surface area contributed by atoms with Crippen LogP contribution in [-0.2, 0) is 4.74 Å². The van der Waals surface area contributed by atoms with E-state index < -0.39 is 0 Å². The number of benzene rings is 1. The van der Waals surface area contributed by atoms with E-state index in [2.05, 4.69) is 18.7 Å². The van der Waals surface area contributed by atoms with Crippen LogP contribution < -0.4 is 4.74 Å². The first-order valence-electron chi connectivity index (χ1n) is 11.8. The largest absolute Gasteiger partial charge is 0.494 e. The van der Waals surface area contributed by atoms with Crippen molar-refractivity contribution in [1.82, 2.24) is 14.8 Å². The first-order valence-corrected chi connectivity index (χ1v) is 12.6. The Kier molecular flexibility index (Phi) is 7.48. The van der Waals surface area contributed by atoms with E-state index in [0.717, 1.165) is 72.5 Å². The lowest BCUT2D eigenvalue weighted by Crippen LogP contribution is -2.48. The third kappa shape index (κ3) is 5.50. The zero-order valence-corrected chi connectivity index (χ0v) is 20.5. The SMILES string of the molecule is CCOc1ccc(-c2nc(C)c(C(=O)N3CCC(CN4CC(C)OC(C)C4)CC3)s2)cc1. The van der Waals surface area contributed by atoms with Crippen LogP contribution in [0.15, 0.2) is 24.3 Å². The molecule has 7 heteroatoms. The summed E-state index contributed by atoms with van der Waals surface area (Å²) in [6.45, 7) is 13.7. The van der Waals surface area contributed by atoms with Crippen LogP contribution in [-0.4, -0.2) is 72.2 Å². The molecule has 0 N–H and O–H groups in total. The topological polar surface area (TPSA) is 54.9 Å². The van der Waals surface area contributed by atoms with Crippen molar-refractivity contribution in [3.05, 3.63) is 34.8 Å². The van der Waals surface area contributed by atoms with Gasteiger partial charge in [-0.3, -0.25) is 9.69 Å². The van der Waals surface area contributed by atoms with Gasteiger partial charge in [0.05, 0.1) is 24.5 Å². The smallest absolute Gasteiger partial charge is 0.265 e. The second-order valence-electron chi connectivity index (χ2n) is 9.10. The molecule has 1 aromatic carbocycles. The van der Waals surface area contributed by atoms with E-state index in [0.29, 0.717) is 24.7 Å². The molecular formula is C25H35N3O3S. The fraction of sp³-hybridized carbons (Fsp3) is 0.600. The summed E-state index contributed by atoms with van der Waals surface area (Å²) < 4.78 is 11.4. The van der Waals surface area contributed by atoms with Gasteiger partial charge in [-0.1, -0.05) is 0 Å². The summed E-state index contributed by atoms with van der Waals surface area (Å²) in [5.41, 5.74) is 1.84. The van der Waals surface area contributed by atoms with Gasteiger partial charge in [0.25, 0.3) is 5.91 Å².